The van der Waals surface area contributed by atoms with Gasteiger partial charge in [0.2, 0.25) is 5.91 Å². The van der Waals surface area contributed by atoms with Crippen LogP contribution in [0.15, 0.2) is 18.2 Å². The molecule has 0 bridgehead atoms. The molecule has 0 radical (unpaired) electrons. The standard InChI is InChI=1S/C17H23N3O7/c1-10(2)17-26-8-12(9-27-17)16(23)19-13-5-11(15(22)18-3-4-21)6-14(7-13)20(24)25/h5-7,10,12,17,21H,3-4,8-9H2,1-2H3,(H,18,22)(H,19,23). The fraction of sp³-hybridized carbons (Fsp3) is 0.529. The lowest BCUT2D eigenvalue weighted by Crippen LogP contribution is -2.40. The van der Waals surface area contributed by atoms with Crippen LogP contribution in [0.2, 0.25) is 0 Å². The smallest absolute Gasteiger partial charge is 0.272 e. The molecule has 27 heavy (non-hydrogen) atoms. The number of nitro benzene ring substituents is 1. The van der Waals surface area contributed by atoms with Crippen molar-refractivity contribution in [1.82, 2.24) is 5.32 Å². The monoisotopic (exact) mass is 381 g/mol. The number of hydrogen-bond acceptors (Lipinski definition) is 7. The molecule has 10 heteroatoms. The number of benzene rings is 1. The van der Waals surface area contributed by atoms with Gasteiger partial charge in [0.05, 0.1) is 30.7 Å². The largest absolute Gasteiger partial charge is 0.395 e. The van der Waals surface area contributed by atoms with Crippen molar-refractivity contribution in [2.24, 2.45) is 11.8 Å². The normalized spacial score (nSPS) is 19.6. The molecule has 0 atom stereocenters. The Hall–Kier alpha value is -2.56. The van der Waals surface area contributed by atoms with Gasteiger partial charge in [-0.3, -0.25) is 19.7 Å². The number of ether oxygens (including phenoxy) is 2. The van der Waals surface area contributed by atoms with Crippen molar-refractivity contribution in [3.63, 3.8) is 0 Å². The lowest BCUT2D eigenvalue weighted by molar-refractivity contribution is -0.384. The van der Waals surface area contributed by atoms with Crippen LogP contribution in [-0.4, -0.2) is 54.5 Å². The molecule has 1 aliphatic heterocycles. The van der Waals surface area contributed by atoms with Gasteiger partial charge in [-0.1, -0.05) is 13.8 Å². The van der Waals surface area contributed by atoms with Crippen molar-refractivity contribution < 1.29 is 29.1 Å². The van der Waals surface area contributed by atoms with Gasteiger partial charge in [0.25, 0.3) is 11.6 Å². The van der Waals surface area contributed by atoms with Gasteiger partial charge < -0.3 is 25.2 Å². The molecule has 1 aromatic carbocycles. The Bertz CT molecular complexity index is 700. The van der Waals surface area contributed by atoms with Gasteiger partial charge in [-0.15, -0.1) is 0 Å². The van der Waals surface area contributed by atoms with Gasteiger partial charge >= 0.3 is 0 Å². The van der Waals surface area contributed by atoms with Crippen LogP contribution in [0, 0.1) is 22.0 Å². The molecule has 2 amide bonds. The van der Waals surface area contributed by atoms with Gasteiger partial charge in [-0.2, -0.15) is 0 Å². The van der Waals surface area contributed by atoms with E-state index in [9.17, 15) is 19.7 Å². The van der Waals surface area contributed by atoms with Crippen molar-refractivity contribution in [3.05, 3.63) is 33.9 Å². The number of nitrogens with zero attached hydrogens (tertiary/aromatic N) is 1. The molecule has 1 fully saturated rings. The first-order chi connectivity index (χ1) is 12.8. The van der Waals surface area contributed by atoms with E-state index in [0.29, 0.717) is 0 Å². The predicted molar refractivity (Wildman–Crippen MR) is 95.2 cm³/mol. The first-order valence-electron chi connectivity index (χ1n) is 8.54. The number of aliphatic hydroxyl groups excluding tert-OH is 1. The molecule has 0 saturated carbocycles. The van der Waals surface area contributed by atoms with Crippen molar-refractivity contribution in [1.29, 1.82) is 0 Å². The molecule has 1 aliphatic rings. The first kappa shape index (κ1) is 20.7. The summed E-state index contributed by atoms with van der Waals surface area (Å²) < 4.78 is 11.0. The predicted octanol–water partition coefficient (Wildman–Crippen LogP) is 0.900. The van der Waals surface area contributed by atoms with Gasteiger partial charge in [0.15, 0.2) is 6.29 Å². The van der Waals surface area contributed by atoms with E-state index in [4.69, 9.17) is 14.6 Å². The summed E-state index contributed by atoms with van der Waals surface area (Å²) in [5, 5.41) is 24.9. The number of carbonyl (C=O) groups is 2. The summed E-state index contributed by atoms with van der Waals surface area (Å²) >= 11 is 0. The fourth-order valence-electron chi connectivity index (χ4n) is 2.49. The van der Waals surface area contributed by atoms with Gasteiger partial charge in [-0.05, 0) is 6.07 Å². The Morgan fingerprint density at radius 3 is 2.52 bits per heavy atom. The summed E-state index contributed by atoms with van der Waals surface area (Å²) in [5.41, 5.74) is -0.212. The Labute approximate surface area is 156 Å². The second-order valence-electron chi connectivity index (χ2n) is 6.47. The molecule has 0 aromatic heterocycles. The van der Waals surface area contributed by atoms with E-state index < -0.39 is 22.7 Å². The van der Waals surface area contributed by atoms with Crippen LogP contribution in [0.25, 0.3) is 0 Å². The maximum Gasteiger partial charge on any atom is 0.272 e. The summed E-state index contributed by atoms with van der Waals surface area (Å²) in [6, 6.07) is 3.60. The highest BCUT2D eigenvalue weighted by atomic mass is 16.7. The topological polar surface area (TPSA) is 140 Å². The SMILES string of the molecule is CC(C)C1OCC(C(=O)Nc2cc(C(=O)NCCO)cc([N+](=O)[O-])c2)CO1. The summed E-state index contributed by atoms with van der Waals surface area (Å²) in [6.45, 7) is 3.98. The number of hydrogen-bond donors (Lipinski definition) is 3. The minimum atomic E-state index is -0.654. The Balaban J connectivity index is 2.10. The average Bonchev–Trinajstić information content (AvgIpc) is 2.65. The van der Waals surface area contributed by atoms with Crippen molar-refractivity contribution in [2.75, 3.05) is 31.7 Å². The highest BCUT2D eigenvalue weighted by Gasteiger charge is 2.29. The van der Waals surface area contributed by atoms with Crippen LogP contribution in [0.4, 0.5) is 11.4 Å². The lowest BCUT2D eigenvalue weighted by atomic mass is 10.1. The van der Waals surface area contributed by atoms with E-state index in [1.807, 2.05) is 13.8 Å². The summed E-state index contributed by atoms with van der Waals surface area (Å²) in [4.78, 5) is 34.9. The molecule has 3 N–H and O–H groups in total. The molecule has 1 heterocycles. The molecule has 0 spiro atoms. The van der Waals surface area contributed by atoms with E-state index in [1.54, 1.807) is 0 Å². The molecule has 1 saturated heterocycles. The van der Waals surface area contributed by atoms with Crippen molar-refractivity contribution >= 4 is 23.2 Å². The quantitative estimate of drug-likeness (QED) is 0.471. The Kier molecular flexibility index (Phi) is 7.22. The number of rotatable bonds is 7. The fourth-order valence-corrected chi connectivity index (χ4v) is 2.49. The van der Waals surface area contributed by atoms with Crippen molar-refractivity contribution in [2.45, 2.75) is 20.1 Å². The third-order valence-electron chi connectivity index (χ3n) is 3.89. The zero-order valence-corrected chi connectivity index (χ0v) is 15.1. The first-order valence-corrected chi connectivity index (χ1v) is 8.54. The Morgan fingerprint density at radius 1 is 1.30 bits per heavy atom. The van der Waals surface area contributed by atoms with Gasteiger partial charge in [0.1, 0.15) is 0 Å². The summed E-state index contributed by atoms with van der Waals surface area (Å²) in [5.74, 6) is -1.41. The lowest BCUT2D eigenvalue weighted by Gasteiger charge is -2.30. The third-order valence-corrected chi connectivity index (χ3v) is 3.89. The van der Waals surface area contributed by atoms with E-state index in [0.717, 1.165) is 6.07 Å². The molecule has 148 valence electrons. The number of nitro groups is 1. The minimum Gasteiger partial charge on any atom is -0.395 e. The zero-order valence-electron chi connectivity index (χ0n) is 15.1. The third kappa shape index (κ3) is 5.71. The summed E-state index contributed by atoms with van der Waals surface area (Å²) in [7, 11) is 0. The van der Waals surface area contributed by atoms with E-state index in [2.05, 4.69) is 10.6 Å². The zero-order chi connectivity index (χ0) is 20.0. The minimum absolute atomic E-state index is 0.00367. The van der Waals surface area contributed by atoms with Crippen LogP contribution in [0.5, 0.6) is 0 Å². The van der Waals surface area contributed by atoms with E-state index >= 15 is 0 Å². The summed E-state index contributed by atoms with van der Waals surface area (Å²) in [6.07, 6.45) is -0.367. The highest BCUT2D eigenvalue weighted by Crippen LogP contribution is 2.23. The van der Waals surface area contributed by atoms with Crippen LogP contribution in [0.1, 0.15) is 24.2 Å². The van der Waals surface area contributed by atoms with E-state index in [-0.39, 0.29) is 55.5 Å². The van der Waals surface area contributed by atoms with Crippen LogP contribution in [0.3, 0.4) is 0 Å². The van der Waals surface area contributed by atoms with Crippen LogP contribution in [-0.2, 0) is 14.3 Å². The molecule has 10 nitrogen and oxygen atoms in total. The highest BCUT2D eigenvalue weighted by molar-refractivity contribution is 5.98. The molecule has 0 aliphatic carbocycles. The van der Waals surface area contributed by atoms with Gasteiger partial charge in [-0.25, -0.2) is 0 Å². The second-order valence-corrected chi connectivity index (χ2v) is 6.47. The average molecular weight is 381 g/mol. The maximum atomic E-state index is 12.4. The molecular formula is C17H23N3O7. The number of non-ortho nitro benzene ring substituents is 1. The molecule has 0 unspecified atom stereocenters. The second kappa shape index (κ2) is 9.40. The Morgan fingerprint density at radius 2 is 1.96 bits per heavy atom. The molecule has 1 aromatic rings. The number of nitrogens with one attached hydrogen (secondary N) is 2. The number of carbonyl (C=O) groups excluding carboxylic acids is 2. The van der Waals surface area contributed by atoms with E-state index in [1.165, 1.54) is 12.1 Å². The number of aliphatic hydroxyl groups is 1. The number of anilines is 1. The van der Waals surface area contributed by atoms with Crippen molar-refractivity contribution in [3.8, 4) is 0 Å². The maximum absolute atomic E-state index is 12.4. The number of amides is 2. The molecule has 2 rings (SSSR count). The van der Waals surface area contributed by atoms with Crippen LogP contribution < -0.4 is 10.6 Å². The molecular weight excluding hydrogens is 358 g/mol. The van der Waals surface area contributed by atoms with Gasteiger partial charge in [0, 0.05) is 35.8 Å². The van der Waals surface area contributed by atoms with Crippen LogP contribution >= 0.6 is 0 Å².